The van der Waals surface area contributed by atoms with Gasteiger partial charge in [-0.1, -0.05) is 23.7 Å². The van der Waals surface area contributed by atoms with Crippen molar-refractivity contribution in [3.05, 3.63) is 28.8 Å². The second-order valence-electron chi connectivity index (χ2n) is 5.38. The van der Waals surface area contributed by atoms with E-state index in [0.29, 0.717) is 17.4 Å². The molecule has 0 saturated heterocycles. The summed E-state index contributed by atoms with van der Waals surface area (Å²) >= 11 is 6.18. The zero-order valence-electron chi connectivity index (χ0n) is 9.79. The van der Waals surface area contributed by atoms with Crippen molar-refractivity contribution in [3.8, 4) is 5.75 Å². The molecule has 17 heavy (non-hydrogen) atoms. The van der Waals surface area contributed by atoms with E-state index in [9.17, 15) is 5.11 Å². The van der Waals surface area contributed by atoms with Gasteiger partial charge in [-0.2, -0.15) is 0 Å². The van der Waals surface area contributed by atoms with E-state index in [0.717, 1.165) is 30.8 Å². The van der Waals surface area contributed by atoms with Gasteiger partial charge in [-0.3, -0.25) is 0 Å². The number of ether oxygens (including phenoxy) is 1. The standard InChI is InChI=1S/C14H17ClO2/c15-12-3-1-2-11(8-14(16)6-7-14)13(12)17-9-10-4-5-10/h1-3,10,16H,4-9H2. The fraction of sp³-hybridized carbons (Fsp3) is 0.571. The first-order valence-corrected chi connectivity index (χ1v) is 6.67. The maximum Gasteiger partial charge on any atom is 0.141 e. The number of hydrogen-bond donors (Lipinski definition) is 1. The summed E-state index contributed by atoms with van der Waals surface area (Å²) in [5.41, 5.74) is 0.542. The first kappa shape index (κ1) is 11.4. The van der Waals surface area contributed by atoms with Crippen LogP contribution in [0.1, 0.15) is 31.2 Å². The third-order valence-electron chi connectivity index (χ3n) is 3.56. The molecule has 0 radical (unpaired) electrons. The Morgan fingerprint density at radius 1 is 1.35 bits per heavy atom. The lowest BCUT2D eigenvalue weighted by Gasteiger charge is -2.15. The van der Waals surface area contributed by atoms with E-state index in [4.69, 9.17) is 16.3 Å². The third-order valence-corrected chi connectivity index (χ3v) is 3.85. The lowest BCUT2D eigenvalue weighted by Crippen LogP contribution is -2.12. The molecule has 2 saturated carbocycles. The van der Waals surface area contributed by atoms with E-state index in [2.05, 4.69) is 0 Å². The highest BCUT2D eigenvalue weighted by molar-refractivity contribution is 6.32. The monoisotopic (exact) mass is 252 g/mol. The molecule has 0 heterocycles. The van der Waals surface area contributed by atoms with Crippen molar-refractivity contribution in [2.75, 3.05) is 6.61 Å². The van der Waals surface area contributed by atoms with Crippen LogP contribution in [0.5, 0.6) is 5.75 Å². The van der Waals surface area contributed by atoms with Gasteiger partial charge in [0.05, 0.1) is 17.2 Å². The molecule has 3 heteroatoms. The van der Waals surface area contributed by atoms with Crippen molar-refractivity contribution in [2.24, 2.45) is 5.92 Å². The van der Waals surface area contributed by atoms with Gasteiger partial charge in [-0.15, -0.1) is 0 Å². The zero-order chi connectivity index (χ0) is 11.9. The van der Waals surface area contributed by atoms with Crippen molar-refractivity contribution in [1.29, 1.82) is 0 Å². The Morgan fingerprint density at radius 3 is 2.76 bits per heavy atom. The van der Waals surface area contributed by atoms with Gasteiger partial charge in [0.15, 0.2) is 0 Å². The van der Waals surface area contributed by atoms with Crippen LogP contribution in [0, 0.1) is 5.92 Å². The van der Waals surface area contributed by atoms with E-state index in [1.165, 1.54) is 12.8 Å². The van der Waals surface area contributed by atoms with Gasteiger partial charge in [0, 0.05) is 6.42 Å². The molecule has 2 fully saturated rings. The van der Waals surface area contributed by atoms with Crippen LogP contribution < -0.4 is 4.74 Å². The molecular weight excluding hydrogens is 236 g/mol. The zero-order valence-corrected chi connectivity index (χ0v) is 10.5. The normalized spacial score (nSPS) is 21.3. The Balaban J connectivity index is 1.76. The van der Waals surface area contributed by atoms with E-state index in [1.54, 1.807) is 0 Å². The predicted octanol–water partition coefficient (Wildman–Crippen LogP) is 3.20. The molecule has 2 nitrogen and oxygen atoms in total. The molecule has 3 rings (SSSR count). The quantitative estimate of drug-likeness (QED) is 0.872. The Morgan fingerprint density at radius 2 is 2.12 bits per heavy atom. The van der Waals surface area contributed by atoms with Gasteiger partial charge in [-0.05, 0) is 43.2 Å². The first-order chi connectivity index (χ1) is 8.16. The van der Waals surface area contributed by atoms with Gasteiger partial charge in [0.1, 0.15) is 5.75 Å². The molecule has 1 N–H and O–H groups in total. The van der Waals surface area contributed by atoms with E-state index >= 15 is 0 Å². The summed E-state index contributed by atoms with van der Waals surface area (Å²) < 4.78 is 5.82. The molecule has 0 amide bonds. The fourth-order valence-corrected chi connectivity index (χ4v) is 2.26. The average molecular weight is 253 g/mol. The molecule has 0 aromatic heterocycles. The smallest absolute Gasteiger partial charge is 0.141 e. The minimum atomic E-state index is -0.498. The van der Waals surface area contributed by atoms with E-state index in [1.807, 2.05) is 18.2 Å². The summed E-state index contributed by atoms with van der Waals surface area (Å²) in [5.74, 6) is 1.49. The highest BCUT2D eigenvalue weighted by Gasteiger charge is 2.41. The summed E-state index contributed by atoms with van der Waals surface area (Å²) in [5, 5.41) is 10.6. The van der Waals surface area contributed by atoms with Crippen LogP contribution >= 0.6 is 11.6 Å². The van der Waals surface area contributed by atoms with Crippen LogP contribution in [-0.2, 0) is 6.42 Å². The van der Waals surface area contributed by atoms with Crippen molar-refractivity contribution >= 4 is 11.6 Å². The molecule has 0 atom stereocenters. The Bertz CT molecular complexity index is 422. The van der Waals surface area contributed by atoms with Gasteiger partial charge in [0.2, 0.25) is 0 Å². The number of para-hydroxylation sites is 1. The third kappa shape index (κ3) is 2.75. The number of hydrogen-bond acceptors (Lipinski definition) is 2. The lowest BCUT2D eigenvalue weighted by molar-refractivity contribution is 0.149. The molecule has 92 valence electrons. The number of rotatable bonds is 5. The van der Waals surface area contributed by atoms with E-state index < -0.39 is 5.60 Å². The van der Waals surface area contributed by atoms with Crippen LogP contribution in [0.25, 0.3) is 0 Å². The SMILES string of the molecule is OC1(Cc2cccc(Cl)c2OCC2CC2)CC1. The van der Waals surface area contributed by atoms with Gasteiger partial charge in [0.25, 0.3) is 0 Å². The van der Waals surface area contributed by atoms with Gasteiger partial charge < -0.3 is 9.84 Å². The number of aliphatic hydroxyl groups is 1. The van der Waals surface area contributed by atoms with Crippen molar-refractivity contribution in [3.63, 3.8) is 0 Å². The highest BCUT2D eigenvalue weighted by Crippen LogP contribution is 2.42. The summed E-state index contributed by atoms with van der Waals surface area (Å²) in [6.45, 7) is 0.759. The maximum atomic E-state index is 9.99. The molecular formula is C14H17ClO2. The second-order valence-corrected chi connectivity index (χ2v) is 5.79. The number of benzene rings is 1. The molecule has 2 aliphatic carbocycles. The minimum Gasteiger partial charge on any atom is -0.491 e. The summed E-state index contributed by atoms with van der Waals surface area (Å²) in [6.07, 6.45) is 4.98. The molecule has 0 bridgehead atoms. The van der Waals surface area contributed by atoms with Crippen LogP contribution in [0.2, 0.25) is 5.02 Å². The topological polar surface area (TPSA) is 29.5 Å². The molecule has 0 unspecified atom stereocenters. The molecule has 0 spiro atoms. The second kappa shape index (κ2) is 4.18. The number of halogens is 1. The average Bonchev–Trinajstić information content (AvgIpc) is 3.17. The van der Waals surface area contributed by atoms with Crippen LogP contribution in [0.15, 0.2) is 18.2 Å². The first-order valence-electron chi connectivity index (χ1n) is 6.29. The van der Waals surface area contributed by atoms with Crippen molar-refractivity contribution < 1.29 is 9.84 Å². The molecule has 0 aliphatic heterocycles. The predicted molar refractivity (Wildman–Crippen MR) is 67.6 cm³/mol. The summed E-state index contributed by atoms with van der Waals surface area (Å²) in [4.78, 5) is 0. The molecule has 1 aromatic carbocycles. The van der Waals surface area contributed by atoms with Crippen LogP contribution in [0.3, 0.4) is 0 Å². The summed E-state index contributed by atoms with van der Waals surface area (Å²) in [6, 6.07) is 5.78. The largest absolute Gasteiger partial charge is 0.491 e. The van der Waals surface area contributed by atoms with Crippen molar-refractivity contribution in [1.82, 2.24) is 0 Å². The van der Waals surface area contributed by atoms with Gasteiger partial charge in [-0.25, -0.2) is 0 Å². The van der Waals surface area contributed by atoms with Crippen molar-refractivity contribution in [2.45, 2.75) is 37.7 Å². The maximum absolute atomic E-state index is 9.99. The molecule has 2 aliphatic rings. The van der Waals surface area contributed by atoms with Crippen LogP contribution in [0.4, 0.5) is 0 Å². The highest BCUT2D eigenvalue weighted by atomic mass is 35.5. The molecule has 1 aromatic rings. The van der Waals surface area contributed by atoms with Crippen LogP contribution in [-0.4, -0.2) is 17.3 Å². The van der Waals surface area contributed by atoms with Gasteiger partial charge >= 0.3 is 0 Å². The summed E-state index contributed by atoms with van der Waals surface area (Å²) in [7, 11) is 0. The Labute approximate surface area is 107 Å². The Kier molecular flexibility index (Phi) is 2.80. The minimum absolute atomic E-state index is 0.498. The van der Waals surface area contributed by atoms with E-state index in [-0.39, 0.29) is 0 Å². The fourth-order valence-electron chi connectivity index (χ4n) is 2.02. The lowest BCUT2D eigenvalue weighted by atomic mass is 10.1. The Hall–Kier alpha value is -0.730.